The van der Waals surface area contributed by atoms with Gasteiger partial charge >= 0.3 is 5.69 Å². The Hall–Kier alpha value is -2.34. The number of aromatic nitrogens is 2. The molecule has 0 aliphatic rings. The van der Waals surface area contributed by atoms with Crippen LogP contribution in [0.5, 0.6) is 0 Å². The molecule has 6 nitrogen and oxygen atoms in total. The number of anilines is 1. The first-order chi connectivity index (χ1) is 9.79. The molecule has 0 radical (unpaired) electrons. The van der Waals surface area contributed by atoms with E-state index in [0.29, 0.717) is 5.69 Å². The number of nitrogens with two attached hydrogens (primary N) is 1. The van der Waals surface area contributed by atoms with Crippen LogP contribution in [0.4, 0.5) is 5.69 Å². The van der Waals surface area contributed by atoms with Crippen LogP contribution in [0.15, 0.2) is 41.5 Å². The lowest BCUT2D eigenvalue weighted by molar-refractivity contribution is -0.119. The van der Waals surface area contributed by atoms with Gasteiger partial charge in [0, 0.05) is 18.1 Å². The van der Waals surface area contributed by atoms with Crippen molar-refractivity contribution in [2.75, 3.05) is 5.32 Å². The van der Waals surface area contributed by atoms with Crippen LogP contribution < -0.4 is 16.7 Å². The van der Waals surface area contributed by atoms with E-state index in [1.807, 2.05) is 20.8 Å². The van der Waals surface area contributed by atoms with Crippen LogP contribution in [0, 0.1) is 5.41 Å². The molecule has 112 valence electrons. The molecule has 1 aromatic carbocycles. The van der Waals surface area contributed by atoms with E-state index in [1.165, 1.54) is 4.57 Å². The average Bonchev–Trinajstić information content (AvgIpc) is 2.84. The summed E-state index contributed by atoms with van der Waals surface area (Å²) >= 11 is 0. The molecule has 0 saturated carbocycles. The van der Waals surface area contributed by atoms with E-state index in [4.69, 9.17) is 5.73 Å². The normalized spacial score (nSPS) is 13.0. The molecular formula is C15H20N4O2. The third-order valence-corrected chi connectivity index (χ3v) is 3.28. The zero-order valence-corrected chi connectivity index (χ0v) is 12.4. The second-order valence-corrected chi connectivity index (χ2v) is 6.02. The number of rotatable bonds is 3. The first-order valence-corrected chi connectivity index (χ1v) is 6.72. The van der Waals surface area contributed by atoms with Crippen LogP contribution in [0.25, 0.3) is 5.69 Å². The van der Waals surface area contributed by atoms with Gasteiger partial charge in [-0.2, -0.15) is 0 Å². The monoisotopic (exact) mass is 288 g/mol. The summed E-state index contributed by atoms with van der Waals surface area (Å²) in [6, 6.07) is 6.40. The fraction of sp³-hybridized carbons (Fsp3) is 0.333. The molecule has 1 amide bonds. The van der Waals surface area contributed by atoms with Crippen LogP contribution in [-0.2, 0) is 4.79 Å². The highest BCUT2D eigenvalue weighted by Crippen LogP contribution is 2.19. The smallest absolute Gasteiger partial charge is 0.325 e. The van der Waals surface area contributed by atoms with Gasteiger partial charge in [-0.25, -0.2) is 4.79 Å². The lowest BCUT2D eigenvalue weighted by Crippen LogP contribution is -2.45. The van der Waals surface area contributed by atoms with Crippen LogP contribution in [-0.4, -0.2) is 21.5 Å². The number of carbonyl (C=O) groups is 1. The number of nitrogens with zero attached hydrogens (tertiary/aromatic N) is 1. The summed E-state index contributed by atoms with van der Waals surface area (Å²) in [4.78, 5) is 26.1. The minimum absolute atomic E-state index is 0.207. The lowest BCUT2D eigenvalue weighted by Gasteiger charge is -2.25. The summed E-state index contributed by atoms with van der Waals surface area (Å²) in [5, 5.41) is 2.78. The molecule has 4 N–H and O–H groups in total. The van der Waals surface area contributed by atoms with Gasteiger partial charge in [-0.05, 0) is 29.7 Å². The van der Waals surface area contributed by atoms with E-state index in [1.54, 1.807) is 36.7 Å². The van der Waals surface area contributed by atoms with E-state index in [2.05, 4.69) is 10.3 Å². The first kappa shape index (κ1) is 15.1. The number of carbonyl (C=O) groups excluding carboxylic acids is 1. The van der Waals surface area contributed by atoms with Gasteiger partial charge in [-0.1, -0.05) is 20.8 Å². The predicted molar refractivity (Wildman–Crippen MR) is 82.4 cm³/mol. The predicted octanol–water partition coefficient (Wildman–Crippen LogP) is 1.48. The quantitative estimate of drug-likeness (QED) is 0.798. The fourth-order valence-corrected chi connectivity index (χ4v) is 1.84. The standard InChI is InChI=1S/C15H20N4O2/c1-15(2,3)12(16)13(20)18-10-4-6-11(7-5-10)19-9-8-17-14(19)21/h4-9,12H,16H2,1-3H3,(H,17,21)(H,18,20)/t12-/m0/s1. The van der Waals surface area contributed by atoms with Crippen molar-refractivity contribution in [3.05, 3.63) is 47.1 Å². The number of hydrogen-bond acceptors (Lipinski definition) is 3. The lowest BCUT2D eigenvalue weighted by atomic mass is 9.87. The van der Waals surface area contributed by atoms with Crippen molar-refractivity contribution in [2.45, 2.75) is 26.8 Å². The number of hydrogen-bond donors (Lipinski definition) is 3. The number of benzene rings is 1. The van der Waals surface area contributed by atoms with Gasteiger partial charge in [0.1, 0.15) is 0 Å². The Morgan fingerprint density at radius 2 is 1.90 bits per heavy atom. The zero-order valence-electron chi connectivity index (χ0n) is 12.4. The summed E-state index contributed by atoms with van der Waals surface area (Å²) < 4.78 is 1.48. The largest absolute Gasteiger partial charge is 0.330 e. The minimum Gasteiger partial charge on any atom is -0.325 e. The van der Waals surface area contributed by atoms with E-state index in [-0.39, 0.29) is 17.0 Å². The summed E-state index contributed by atoms with van der Waals surface area (Å²) in [7, 11) is 0. The van der Waals surface area contributed by atoms with Gasteiger partial charge in [0.05, 0.1) is 11.7 Å². The van der Waals surface area contributed by atoms with Crippen LogP contribution in [0.3, 0.4) is 0 Å². The van der Waals surface area contributed by atoms with Crippen LogP contribution >= 0.6 is 0 Å². The molecule has 0 bridgehead atoms. The molecule has 6 heteroatoms. The Kier molecular flexibility index (Phi) is 3.99. The maximum absolute atomic E-state index is 12.0. The van der Waals surface area contributed by atoms with Gasteiger partial charge < -0.3 is 16.0 Å². The van der Waals surface area contributed by atoms with Crippen molar-refractivity contribution in [2.24, 2.45) is 11.1 Å². The van der Waals surface area contributed by atoms with E-state index in [9.17, 15) is 9.59 Å². The molecule has 0 saturated heterocycles. The number of nitrogens with one attached hydrogen (secondary N) is 2. The van der Waals surface area contributed by atoms with Gasteiger partial charge in [-0.3, -0.25) is 9.36 Å². The summed E-state index contributed by atoms with van der Waals surface area (Å²) in [6.45, 7) is 5.75. The maximum Gasteiger partial charge on any atom is 0.330 e. The van der Waals surface area contributed by atoms with Gasteiger partial charge in [0.15, 0.2) is 0 Å². The highest BCUT2D eigenvalue weighted by Gasteiger charge is 2.27. The van der Waals surface area contributed by atoms with E-state index < -0.39 is 6.04 Å². The Morgan fingerprint density at radius 1 is 1.29 bits per heavy atom. The number of H-pyrrole nitrogens is 1. The molecule has 1 atom stereocenters. The second-order valence-electron chi connectivity index (χ2n) is 6.02. The number of imidazole rings is 1. The maximum atomic E-state index is 12.0. The average molecular weight is 288 g/mol. The molecule has 0 aliphatic carbocycles. The van der Waals surface area contributed by atoms with Crippen molar-refractivity contribution in [1.82, 2.24) is 9.55 Å². The molecular weight excluding hydrogens is 268 g/mol. The third kappa shape index (κ3) is 3.41. The zero-order chi connectivity index (χ0) is 15.6. The summed E-state index contributed by atoms with van der Waals surface area (Å²) in [5.41, 5.74) is 6.76. The number of aromatic amines is 1. The van der Waals surface area contributed by atoms with Crippen molar-refractivity contribution in [1.29, 1.82) is 0 Å². The SMILES string of the molecule is CC(C)(C)[C@@H](N)C(=O)Nc1ccc(-n2cc[nH]c2=O)cc1. The van der Waals surface area contributed by atoms with Gasteiger partial charge in [0.2, 0.25) is 5.91 Å². The molecule has 0 fully saturated rings. The van der Waals surface area contributed by atoms with Crippen molar-refractivity contribution < 1.29 is 4.79 Å². The van der Waals surface area contributed by atoms with Crippen molar-refractivity contribution in [3.63, 3.8) is 0 Å². The molecule has 0 aliphatic heterocycles. The molecule has 2 rings (SSSR count). The van der Waals surface area contributed by atoms with Crippen LogP contribution in [0.1, 0.15) is 20.8 Å². The highest BCUT2D eigenvalue weighted by atomic mass is 16.2. The summed E-state index contributed by atoms with van der Waals surface area (Å²) in [5.74, 6) is -0.228. The van der Waals surface area contributed by atoms with Crippen LogP contribution in [0.2, 0.25) is 0 Å². The van der Waals surface area contributed by atoms with Crippen molar-refractivity contribution >= 4 is 11.6 Å². The second kappa shape index (κ2) is 5.57. The third-order valence-electron chi connectivity index (χ3n) is 3.28. The Labute approximate surface area is 123 Å². The minimum atomic E-state index is -0.593. The molecule has 21 heavy (non-hydrogen) atoms. The Balaban J connectivity index is 2.12. The summed E-state index contributed by atoms with van der Waals surface area (Å²) in [6.07, 6.45) is 3.21. The topological polar surface area (TPSA) is 92.9 Å². The van der Waals surface area contributed by atoms with E-state index in [0.717, 1.165) is 5.69 Å². The number of amides is 1. The molecule has 1 heterocycles. The first-order valence-electron chi connectivity index (χ1n) is 6.72. The van der Waals surface area contributed by atoms with Crippen molar-refractivity contribution in [3.8, 4) is 5.69 Å². The van der Waals surface area contributed by atoms with Gasteiger partial charge in [0.25, 0.3) is 0 Å². The molecule has 0 spiro atoms. The highest BCUT2D eigenvalue weighted by molar-refractivity contribution is 5.95. The van der Waals surface area contributed by atoms with E-state index >= 15 is 0 Å². The fourth-order valence-electron chi connectivity index (χ4n) is 1.84. The Morgan fingerprint density at radius 3 is 2.38 bits per heavy atom. The van der Waals surface area contributed by atoms with Gasteiger partial charge in [-0.15, -0.1) is 0 Å². The molecule has 2 aromatic rings. The molecule has 1 aromatic heterocycles. The molecule has 0 unspecified atom stereocenters. The Bertz CT molecular complexity index is 677.